The van der Waals surface area contributed by atoms with Crippen molar-refractivity contribution < 1.29 is 9.72 Å². The highest BCUT2D eigenvalue weighted by Gasteiger charge is 2.10. The molecule has 0 aliphatic rings. The van der Waals surface area contributed by atoms with Crippen molar-refractivity contribution in [3.8, 4) is 0 Å². The molecule has 7 nitrogen and oxygen atoms in total. The first-order valence-corrected chi connectivity index (χ1v) is 6.61. The van der Waals surface area contributed by atoms with Crippen LogP contribution in [0.5, 0.6) is 0 Å². The van der Waals surface area contributed by atoms with Crippen LogP contribution in [0.3, 0.4) is 0 Å². The molecule has 0 aliphatic carbocycles. The number of aromatic nitrogens is 2. The third-order valence-electron chi connectivity index (χ3n) is 3.06. The molecule has 1 aromatic heterocycles. The predicted molar refractivity (Wildman–Crippen MR) is 82.2 cm³/mol. The third-order valence-corrected chi connectivity index (χ3v) is 3.06. The van der Waals surface area contributed by atoms with Gasteiger partial charge in [-0.3, -0.25) is 4.79 Å². The minimum atomic E-state index is -0.530. The number of hydrogen-bond acceptors (Lipinski definition) is 4. The van der Waals surface area contributed by atoms with Gasteiger partial charge in [-0.15, -0.1) is 0 Å². The fourth-order valence-electron chi connectivity index (χ4n) is 1.88. The predicted octanol–water partition coefficient (Wildman–Crippen LogP) is 1.94. The van der Waals surface area contributed by atoms with E-state index in [1.165, 1.54) is 23.5 Å². The maximum absolute atomic E-state index is 11.6. The molecule has 1 heterocycles. The Morgan fingerprint density at radius 2 is 2.14 bits per heavy atom. The summed E-state index contributed by atoms with van der Waals surface area (Å²) in [6.07, 6.45) is 6.03. The highest BCUT2D eigenvalue weighted by molar-refractivity contribution is 5.91. The van der Waals surface area contributed by atoms with Crippen molar-refractivity contribution in [1.29, 1.82) is 0 Å². The molecule has 7 heteroatoms. The number of benzene rings is 1. The Labute approximate surface area is 127 Å². The van der Waals surface area contributed by atoms with E-state index in [0.717, 1.165) is 11.1 Å². The number of carbonyl (C=O) groups is 1. The molecule has 0 saturated heterocycles. The Morgan fingerprint density at radius 3 is 2.77 bits per heavy atom. The van der Waals surface area contributed by atoms with Crippen LogP contribution in [0.2, 0.25) is 0 Å². The number of imidazole rings is 1. The lowest BCUT2D eigenvalue weighted by Gasteiger charge is -2.07. The van der Waals surface area contributed by atoms with Crippen LogP contribution in [-0.4, -0.2) is 39.4 Å². The second-order valence-electron chi connectivity index (χ2n) is 4.93. The standard InChI is InChI=1S/C15H16N4O3/c1-17(2)15(20)8-7-12-5-3-4-6-13(12)9-18-10-14(16-11-18)19(21)22/h3-8,10-11H,9H2,1-2H3. The van der Waals surface area contributed by atoms with Gasteiger partial charge in [0.25, 0.3) is 0 Å². The fraction of sp³-hybridized carbons (Fsp3) is 0.200. The monoisotopic (exact) mass is 300 g/mol. The van der Waals surface area contributed by atoms with Crippen LogP contribution < -0.4 is 0 Å². The van der Waals surface area contributed by atoms with Gasteiger partial charge in [0.05, 0.1) is 6.54 Å². The summed E-state index contributed by atoms with van der Waals surface area (Å²) in [6, 6.07) is 7.55. The first kappa shape index (κ1) is 15.4. The van der Waals surface area contributed by atoms with Gasteiger partial charge in [0.2, 0.25) is 12.2 Å². The molecule has 22 heavy (non-hydrogen) atoms. The zero-order valence-corrected chi connectivity index (χ0v) is 12.3. The van der Waals surface area contributed by atoms with Crippen molar-refractivity contribution in [2.75, 3.05) is 14.1 Å². The third kappa shape index (κ3) is 3.78. The molecule has 114 valence electrons. The zero-order valence-electron chi connectivity index (χ0n) is 12.3. The molecule has 0 spiro atoms. The van der Waals surface area contributed by atoms with Crippen LogP contribution >= 0.6 is 0 Å². The van der Waals surface area contributed by atoms with E-state index in [1.54, 1.807) is 24.7 Å². The highest BCUT2D eigenvalue weighted by atomic mass is 16.6. The van der Waals surface area contributed by atoms with Gasteiger partial charge in [0, 0.05) is 20.2 Å². The summed E-state index contributed by atoms with van der Waals surface area (Å²) in [5.41, 5.74) is 1.83. The Hall–Kier alpha value is -2.96. The number of nitro groups is 1. The molecule has 2 rings (SSSR count). The van der Waals surface area contributed by atoms with Gasteiger partial charge in [-0.2, -0.15) is 0 Å². The average Bonchev–Trinajstić information content (AvgIpc) is 2.94. The Morgan fingerprint density at radius 1 is 1.41 bits per heavy atom. The normalized spacial score (nSPS) is 10.8. The Balaban J connectivity index is 2.20. The minimum Gasteiger partial charge on any atom is -0.358 e. The molecule has 0 bridgehead atoms. The van der Waals surface area contributed by atoms with Gasteiger partial charge in [-0.25, -0.2) is 0 Å². The van der Waals surface area contributed by atoms with Crippen LogP contribution in [0, 0.1) is 10.1 Å². The number of carbonyl (C=O) groups excluding carboxylic acids is 1. The van der Waals surface area contributed by atoms with E-state index >= 15 is 0 Å². The van der Waals surface area contributed by atoms with Gasteiger partial charge in [0.15, 0.2) is 0 Å². The van der Waals surface area contributed by atoms with Crippen LogP contribution in [-0.2, 0) is 11.3 Å². The molecule has 0 aliphatic heterocycles. The van der Waals surface area contributed by atoms with Crippen molar-refractivity contribution in [2.45, 2.75) is 6.54 Å². The Kier molecular flexibility index (Phi) is 4.67. The highest BCUT2D eigenvalue weighted by Crippen LogP contribution is 2.14. The Bertz CT molecular complexity index is 719. The minimum absolute atomic E-state index is 0.104. The van der Waals surface area contributed by atoms with Gasteiger partial charge >= 0.3 is 5.82 Å². The molecule has 0 radical (unpaired) electrons. The summed E-state index contributed by atoms with van der Waals surface area (Å²) >= 11 is 0. The fourth-order valence-corrected chi connectivity index (χ4v) is 1.88. The number of likely N-dealkylation sites (N-methyl/N-ethyl adjacent to an activating group) is 1. The first-order chi connectivity index (χ1) is 10.5. The topological polar surface area (TPSA) is 81.3 Å². The van der Waals surface area contributed by atoms with E-state index < -0.39 is 4.92 Å². The number of hydrogen-bond donors (Lipinski definition) is 0. The van der Waals surface area contributed by atoms with Crippen molar-refractivity contribution in [3.63, 3.8) is 0 Å². The summed E-state index contributed by atoms with van der Waals surface area (Å²) in [5.74, 6) is -0.288. The molecule has 2 aromatic rings. The first-order valence-electron chi connectivity index (χ1n) is 6.61. The van der Waals surface area contributed by atoms with E-state index in [1.807, 2.05) is 24.3 Å². The van der Waals surface area contributed by atoms with Gasteiger partial charge in [0.1, 0.15) is 6.20 Å². The molecule has 0 fully saturated rings. The van der Waals surface area contributed by atoms with E-state index in [0.29, 0.717) is 6.54 Å². The van der Waals surface area contributed by atoms with Gasteiger partial charge in [-0.1, -0.05) is 24.3 Å². The van der Waals surface area contributed by atoms with Crippen LogP contribution in [0.1, 0.15) is 11.1 Å². The van der Waals surface area contributed by atoms with Crippen LogP contribution in [0.4, 0.5) is 5.82 Å². The van der Waals surface area contributed by atoms with Crippen molar-refractivity contribution in [2.24, 2.45) is 0 Å². The van der Waals surface area contributed by atoms with Gasteiger partial charge in [-0.05, 0) is 27.1 Å². The van der Waals surface area contributed by atoms with Crippen LogP contribution in [0.15, 0.2) is 42.9 Å². The lowest BCUT2D eigenvalue weighted by molar-refractivity contribution is -0.389. The number of amides is 1. The molecule has 0 saturated carbocycles. The SMILES string of the molecule is CN(C)C(=O)C=Cc1ccccc1Cn1cnc([N+](=O)[O-])c1. The lowest BCUT2D eigenvalue weighted by atomic mass is 10.1. The summed E-state index contributed by atoms with van der Waals surface area (Å²) < 4.78 is 1.64. The largest absolute Gasteiger partial charge is 0.381 e. The van der Waals surface area contributed by atoms with Crippen molar-refractivity contribution in [1.82, 2.24) is 14.5 Å². The van der Waals surface area contributed by atoms with Crippen molar-refractivity contribution >= 4 is 17.8 Å². The van der Waals surface area contributed by atoms with E-state index in [2.05, 4.69) is 4.98 Å². The van der Waals surface area contributed by atoms with E-state index in [4.69, 9.17) is 0 Å². The quantitative estimate of drug-likeness (QED) is 0.480. The maximum atomic E-state index is 11.6. The van der Waals surface area contributed by atoms with E-state index in [-0.39, 0.29) is 11.7 Å². The molecule has 0 unspecified atom stereocenters. The second kappa shape index (κ2) is 6.66. The summed E-state index contributed by atoms with van der Waals surface area (Å²) in [4.78, 5) is 26.9. The summed E-state index contributed by atoms with van der Waals surface area (Å²) in [6.45, 7) is 0.442. The second-order valence-corrected chi connectivity index (χ2v) is 4.93. The molecule has 1 amide bonds. The summed E-state index contributed by atoms with van der Waals surface area (Å²) in [7, 11) is 3.37. The molecule has 1 aromatic carbocycles. The number of rotatable bonds is 5. The molecular weight excluding hydrogens is 284 g/mol. The number of nitrogens with zero attached hydrogens (tertiary/aromatic N) is 4. The molecule has 0 atom stereocenters. The van der Waals surface area contributed by atoms with Gasteiger partial charge < -0.3 is 19.6 Å². The zero-order chi connectivity index (χ0) is 16.1. The van der Waals surface area contributed by atoms with E-state index in [9.17, 15) is 14.9 Å². The molecular formula is C15H16N4O3. The lowest BCUT2D eigenvalue weighted by Crippen LogP contribution is -2.18. The maximum Gasteiger partial charge on any atom is 0.381 e. The van der Waals surface area contributed by atoms with Crippen molar-refractivity contribution in [3.05, 3.63) is 64.1 Å². The summed E-state index contributed by atoms with van der Waals surface area (Å²) in [5, 5.41) is 10.7. The average molecular weight is 300 g/mol. The molecule has 0 N–H and O–H groups in total. The van der Waals surface area contributed by atoms with Crippen LogP contribution in [0.25, 0.3) is 6.08 Å². The smallest absolute Gasteiger partial charge is 0.358 e.